The van der Waals surface area contributed by atoms with Crippen molar-refractivity contribution >= 4 is 17.7 Å². The smallest absolute Gasteiger partial charge is 0.233 e. The molecule has 2 rings (SSSR count). The Labute approximate surface area is 106 Å². The topological polar surface area (TPSA) is 38.1 Å². The maximum Gasteiger partial charge on any atom is 0.233 e. The summed E-state index contributed by atoms with van der Waals surface area (Å²) in [5.74, 6) is 1.38. The molecule has 0 radical (unpaired) electrons. The van der Waals surface area contributed by atoms with Gasteiger partial charge in [-0.1, -0.05) is 18.7 Å². The fourth-order valence-corrected chi connectivity index (χ4v) is 2.96. The van der Waals surface area contributed by atoms with E-state index >= 15 is 0 Å². The zero-order valence-electron chi connectivity index (χ0n) is 10.4. The van der Waals surface area contributed by atoms with Crippen LogP contribution in [0.25, 0.3) is 0 Å². The van der Waals surface area contributed by atoms with Gasteiger partial charge in [-0.05, 0) is 18.8 Å². The fourth-order valence-electron chi connectivity index (χ4n) is 2.12. The molecule has 17 heavy (non-hydrogen) atoms. The number of likely N-dealkylation sites (tertiary alicyclic amines) is 1. The van der Waals surface area contributed by atoms with E-state index in [1.54, 1.807) is 6.20 Å². The molecule has 0 saturated carbocycles. The molecule has 1 saturated heterocycles. The average molecular weight is 253 g/mol. The quantitative estimate of drug-likeness (QED) is 0.771. The summed E-state index contributed by atoms with van der Waals surface area (Å²) < 4.78 is 1.94. The summed E-state index contributed by atoms with van der Waals surface area (Å²) in [4.78, 5) is 18.2. The molecule has 1 aromatic rings. The van der Waals surface area contributed by atoms with Gasteiger partial charge in [0.25, 0.3) is 0 Å². The summed E-state index contributed by atoms with van der Waals surface area (Å²) >= 11 is 1.52. The maximum absolute atomic E-state index is 12.0. The Balaban J connectivity index is 1.83. The van der Waals surface area contributed by atoms with Crippen molar-refractivity contribution in [3.63, 3.8) is 0 Å². The van der Waals surface area contributed by atoms with E-state index in [9.17, 15) is 4.79 Å². The van der Waals surface area contributed by atoms with Crippen LogP contribution in [-0.4, -0.2) is 39.2 Å². The summed E-state index contributed by atoms with van der Waals surface area (Å²) in [5.41, 5.74) is 0. The van der Waals surface area contributed by atoms with Gasteiger partial charge in [-0.25, -0.2) is 4.98 Å². The molecule has 4 nitrogen and oxygen atoms in total. The number of carbonyl (C=O) groups is 1. The number of nitrogens with zero attached hydrogens (tertiary/aromatic N) is 3. The number of hydrogen-bond donors (Lipinski definition) is 0. The van der Waals surface area contributed by atoms with E-state index in [0.717, 1.165) is 24.7 Å². The minimum Gasteiger partial charge on any atom is -0.342 e. The molecular formula is C12H19N3OS. The molecule has 1 atom stereocenters. The third-order valence-corrected chi connectivity index (χ3v) is 4.15. The number of piperidine rings is 1. The van der Waals surface area contributed by atoms with Gasteiger partial charge in [-0.15, -0.1) is 0 Å². The minimum absolute atomic E-state index is 0.240. The number of rotatable bonds is 3. The summed E-state index contributed by atoms with van der Waals surface area (Å²) in [7, 11) is 1.95. The summed E-state index contributed by atoms with van der Waals surface area (Å²) in [6, 6.07) is 0. The highest BCUT2D eigenvalue weighted by Crippen LogP contribution is 2.19. The molecule has 1 fully saturated rings. The highest BCUT2D eigenvalue weighted by Gasteiger charge is 2.21. The van der Waals surface area contributed by atoms with Gasteiger partial charge in [-0.3, -0.25) is 4.79 Å². The molecule has 0 N–H and O–H groups in total. The van der Waals surface area contributed by atoms with E-state index < -0.39 is 0 Å². The standard InChI is InChI=1S/C12H19N3OS/c1-10-4-3-6-15(8-10)11(16)9-17-12-13-5-7-14(12)2/h5,7,10H,3-4,6,8-9H2,1-2H3/t10-/m1/s1. The van der Waals surface area contributed by atoms with Crippen LogP contribution in [0.3, 0.4) is 0 Å². The molecule has 0 unspecified atom stereocenters. The average Bonchev–Trinajstić information content (AvgIpc) is 2.72. The van der Waals surface area contributed by atoms with Crippen molar-refractivity contribution in [2.75, 3.05) is 18.8 Å². The Morgan fingerprint density at radius 2 is 2.47 bits per heavy atom. The first-order valence-electron chi connectivity index (χ1n) is 6.04. The first-order valence-corrected chi connectivity index (χ1v) is 7.03. The Morgan fingerprint density at radius 1 is 1.65 bits per heavy atom. The molecule has 0 spiro atoms. The Bertz CT molecular complexity index is 391. The zero-order chi connectivity index (χ0) is 12.3. The van der Waals surface area contributed by atoms with Gasteiger partial charge in [0.2, 0.25) is 5.91 Å². The van der Waals surface area contributed by atoms with Crippen LogP contribution in [0, 0.1) is 5.92 Å². The normalized spacial score (nSPS) is 20.6. The number of hydrogen-bond acceptors (Lipinski definition) is 3. The lowest BCUT2D eigenvalue weighted by Gasteiger charge is -2.30. The van der Waals surface area contributed by atoms with Gasteiger partial charge < -0.3 is 9.47 Å². The van der Waals surface area contributed by atoms with Crippen LogP contribution in [0.5, 0.6) is 0 Å². The van der Waals surface area contributed by atoms with E-state index in [1.807, 2.05) is 22.7 Å². The van der Waals surface area contributed by atoms with E-state index in [1.165, 1.54) is 18.2 Å². The lowest BCUT2D eigenvalue weighted by Crippen LogP contribution is -2.40. The van der Waals surface area contributed by atoms with Crippen LogP contribution < -0.4 is 0 Å². The van der Waals surface area contributed by atoms with Crippen molar-refractivity contribution in [1.82, 2.24) is 14.5 Å². The Morgan fingerprint density at radius 3 is 3.12 bits per heavy atom. The van der Waals surface area contributed by atoms with Gasteiger partial charge in [0.15, 0.2) is 5.16 Å². The second-order valence-electron chi connectivity index (χ2n) is 4.70. The molecule has 0 aliphatic carbocycles. The van der Waals surface area contributed by atoms with E-state index in [-0.39, 0.29) is 5.91 Å². The SMILES string of the molecule is C[C@@H]1CCCN(C(=O)CSc2nccn2C)C1. The molecule has 0 aromatic carbocycles. The lowest BCUT2D eigenvalue weighted by atomic mass is 10.0. The predicted molar refractivity (Wildman–Crippen MR) is 68.9 cm³/mol. The number of aryl methyl sites for hydroxylation is 1. The third-order valence-electron chi connectivity index (χ3n) is 3.11. The van der Waals surface area contributed by atoms with Gasteiger partial charge >= 0.3 is 0 Å². The van der Waals surface area contributed by atoms with E-state index in [4.69, 9.17) is 0 Å². The molecule has 1 aliphatic rings. The van der Waals surface area contributed by atoms with E-state index in [2.05, 4.69) is 11.9 Å². The summed E-state index contributed by atoms with van der Waals surface area (Å²) in [6.07, 6.45) is 6.04. The second kappa shape index (κ2) is 5.58. The van der Waals surface area contributed by atoms with Crippen LogP contribution in [0.1, 0.15) is 19.8 Å². The van der Waals surface area contributed by atoms with Crippen molar-refractivity contribution in [2.24, 2.45) is 13.0 Å². The molecule has 1 amide bonds. The van der Waals surface area contributed by atoms with Crippen molar-refractivity contribution in [2.45, 2.75) is 24.9 Å². The number of carbonyl (C=O) groups excluding carboxylic acids is 1. The molecule has 2 heterocycles. The van der Waals surface area contributed by atoms with Crippen LogP contribution in [-0.2, 0) is 11.8 Å². The first kappa shape index (κ1) is 12.5. The van der Waals surface area contributed by atoms with Crippen LogP contribution >= 0.6 is 11.8 Å². The van der Waals surface area contributed by atoms with Gasteiger partial charge in [0.05, 0.1) is 5.75 Å². The van der Waals surface area contributed by atoms with Crippen molar-refractivity contribution < 1.29 is 4.79 Å². The predicted octanol–water partition coefficient (Wildman–Crippen LogP) is 1.77. The lowest BCUT2D eigenvalue weighted by molar-refractivity contribution is -0.130. The van der Waals surface area contributed by atoms with Gasteiger partial charge in [0.1, 0.15) is 0 Å². The number of thioether (sulfide) groups is 1. The zero-order valence-corrected chi connectivity index (χ0v) is 11.2. The van der Waals surface area contributed by atoms with E-state index in [0.29, 0.717) is 11.7 Å². The molecule has 1 aliphatic heterocycles. The third kappa shape index (κ3) is 3.25. The Hall–Kier alpha value is -0.970. The fraction of sp³-hybridized carbons (Fsp3) is 0.667. The highest BCUT2D eigenvalue weighted by atomic mass is 32.2. The van der Waals surface area contributed by atoms with Crippen molar-refractivity contribution in [1.29, 1.82) is 0 Å². The number of amides is 1. The Kier molecular flexibility index (Phi) is 4.10. The van der Waals surface area contributed by atoms with Crippen molar-refractivity contribution in [3.8, 4) is 0 Å². The molecule has 5 heteroatoms. The van der Waals surface area contributed by atoms with Crippen LogP contribution in [0.2, 0.25) is 0 Å². The van der Waals surface area contributed by atoms with Crippen LogP contribution in [0.4, 0.5) is 0 Å². The van der Waals surface area contributed by atoms with Gasteiger partial charge in [-0.2, -0.15) is 0 Å². The van der Waals surface area contributed by atoms with Crippen LogP contribution in [0.15, 0.2) is 17.6 Å². The molecular weight excluding hydrogens is 234 g/mol. The maximum atomic E-state index is 12.0. The van der Waals surface area contributed by atoms with Crippen molar-refractivity contribution in [3.05, 3.63) is 12.4 Å². The second-order valence-corrected chi connectivity index (χ2v) is 5.64. The van der Waals surface area contributed by atoms with Gasteiger partial charge in [0, 0.05) is 32.5 Å². The summed E-state index contributed by atoms with van der Waals surface area (Å²) in [6.45, 7) is 4.05. The first-order chi connectivity index (χ1) is 8.16. The molecule has 0 bridgehead atoms. The number of imidazole rings is 1. The minimum atomic E-state index is 0.240. The molecule has 94 valence electrons. The summed E-state index contributed by atoms with van der Waals surface area (Å²) in [5, 5.41) is 0.906. The number of aromatic nitrogens is 2. The monoisotopic (exact) mass is 253 g/mol. The molecule has 1 aromatic heterocycles. The highest BCUT2D eigenvalue weighted by molar-refractivity contribution is 7.99. The largest absolute Gasteiger partial charge is 0.342 e.